The lowest BCUT2D eigenvalue weighted by Gasteiger charge is -2.12. The van der Waals surface area contributed by atoms with Crippen LogP contribution in [0.5, 0.6) is 0 Å². The molecule has 0 unspecified atom stereocenters. The van der Waals surface area contributed by atoms with Crippen molar-refractivity contribution in [2.45, 2.75) is 33.2 Å². The van der Waals surface area contributed by atoms with Crippen molar-refractivity contribution in [3.8, 4) is 0 Å². The Bertz CT molecular complexity index is 975. The van der Waals surface area contributed by atoms with E-state index in [1.165, 1.54) is 0 Å². The molecule has 1 amide bonds. The third kappa shape index (κ3) is 3.26. The average Bonchev–Trinajstić information content (AvgIpc) is 2.65. The van der Waals surface area contributed by atoms with Gasteiger partial charge in [-0.1, -0.05) is 13.8 Å². The van der Waals surface area contributed by atoms with Gasteiger partial charge in [-0.2, -0.15) is 5.10 Å². The summed E-state index contributed by atoms with van der Waals surface area (Å²) in [5.41, 5.74) is 3.22. The Balaban J connectivity index is 1.89. The molecule has 3 heterocycles. The number of nitrogens with zero attached hydrogens (tertiary/aromatic N) is 3. The molecule has 3 rings (SSSR count). The lowest BCUT2D eigenvalue weighted by molar-refractivity contribution is 0.0952. The minimum atomic E-state index is -0.268. The van der Waals surface area contributed by atoms with Crippen molar-refractivity contribution in [1.29, 1.82) is 0 Å². The standard InChI is InChI=1S/C18H19N5O2/c1-3-11-14(18(25)23-22-15(11)4-2)10-21-17(24)12-5-8-20-16-6-7-19-9-13(12)16/h5-9H,3-4,10H2,1-2H3,(H,21,24)(H,23,25). The van der Waals surface area contributed by atoms with Crippen molar-refractivity contribution < 1.29 is 4.79 Å². The monoisotopic (exact) mass is 337 g/mol. The number of hydrogen-bond acceptors (Lipinski definition) is 5. The fraction of sp³-hybridized carbons (Fsp3) is 0.278. The summed E-state index contributed by atoms with van der Waals surface area (Å²) >= 11 is 0. The molecule has 3 aromatic heterocycles. The summed E-state index contributed by atoms with van der Waals surface area (Å²) in [4.78, 5) is 33.0. The highest BCUT2D eigenvalue weighted by atomic mass is 16.2. The third-order valence-electron chi connectivity index (χ3n) is 4.18. The van der Waals surface area contributed by atoms with E-state index >= 15 is 0 Å². The molecular formula is C18H19N5O2. The van der Waals surface area contributed by atoms with Gasteiger partial charge in [0.15, 0.2) is 0 Å². The molecule has 128 valence electrons. The predicted octanol–water partition coefficient (Wildman–Crippen LogP) is 1.77. The Labute approximate surface area is 144 Å². The molecule has 0 saturated heterocycles. The van der Waals surface area contributed by atoms with E-state index < -0.39 is 0 Å². The Morgan fingerprint density at radius 3 is 2.76 bits per heavy atom. The molecule has 25 heavy (non-hydrogen) atoms. The largest absolute Gasteiger partial charge is 0.348 e. The van der Waals surface area contributed by atoms with Crippen LogP contribution in [0.4, 0.5) is 0 Å². The molecule has 0 radical (unpaired) electrons. The van der Waals surface area contributed by atoms with Crippen LogP contribution in [0.15, 0.2) is 35.5 Å². The smallest absolute Gasteiger partial charge is 0.269 e. The number of fused-ring (bicyclic) bond motifs is 1. The first-order valence-electron chi connectivity index (χ1n) is 8.21. The van der Waals surface area contributed by atoms with Gasteiger partial charge in [0.25, 0.3) is 11.5 Å². The number of aryl methyl sites for hydroxylation is 1. The number of carbonyl (C=O) groups is 1. The first-order valence-corrected chi connectivity index (χ1v) is 8.21. The zero-order valence-electron chi connectivity index (χ0n) is 14.2. The van der Waals surface area contributed by atoms with Crippen LogP contribution in [0.3, 0.4) is 0 Å². The topological polar surface area (TPSA) is 101 Å². The van der Waals surface area contributed by atoms with Gasteiger partial charge >= 0.3 is 0 Å². The molecule has 0 aliphatic rings. The summed E-state index contributed by atoms with van der Waals surface area (Å²) in [5, 5.41) is 10.1. The molecule has 0 saturated carbocycles. The van der Waals surface area contributed by atoms with Crippen molar-refractivity contribution in [2.24, 2.45) is 0 Å². The lowest BCUT2D eigenvalue weighted by Crippen LogP contribution is -2.29. The van der Waals surface area contributed by atoms with Crippen LogP contribution < -0.4 is 10.9 Å². The maximum Gasteiger partial charge on any atom is 0.269 e. The highest BCUT2D eigenvalue weighted by Gasteiger charge is 2.15. The summed E-state index contributed by atoms with van der Waals surface area (Å²) in [7, 11) is 0. The van der Waals surface area contributed by atoms with E-state index in [1.54, 1.807) is 30.7 Å². The molecule has 0 aliphatic heterocycles. The van der Waals surface area contributed by atoms with Crippen LogP contribution in [0, 0.1) is 0 Å². The quantitative estimate of drug-likeness (QED) is 0.739. The Hall–Kier alpha value is -3.09. The van der Waals surface area contributed by atoms with Crippen LogP contribution in [-0.4, -0.2) is 26.1 Å². The van der Waals surface area contributed by atoms with Crippen molar-refractivity contribution in [3.63, 3.8) is 0 Å². The minimum Gasteiger partial charge on any atom is -0.348 e. The Morgan fingerprint density at radius 1 is 1.16 bits per heavy atom. The number of amides is 1. The van der Waals surface area contributed by atoms with Crippen LogP contribution in [0.25, 0.3) is 10.9 Å². The normalized spacial score (nSPS) is 10.8. The summed E-state index contributed by atoms with van der Waals surface area (Å²) < 4.78 is 0. The first kappa shape index (κ1) is 16.8. The summed E-state index contributed by atoms with van der Waals surface area (Å²) in [6.45, 7) is 4.11. The Morgan fingerprint density at radius 2 is 2.00 bits per heavy atom. The number of pyridine rings is 2. The molecule has 0 bridgehead atoms. The van der Waals surface area contributed by atoms with Gasteiger partial charge in [0.2, 0.25) is 0 Å². The number of rotatable bonds is 5. The summed E-state index contributed by atoms with van der Waals surface area (Å²) in [6, 6.07) is 3.40. The van der Waals surface area contributed by atoms with Crippen LogP contribution in [0.1, 0.15) is 41.0 Å². The van der Waals surface area contributed by atoms with Gasteiger partial charge in [0.05, 0.1) is 16.8 Å². The van der Waals surface area contributed by atoms with E-state index in [0.29, 0.717) is 28.5 Å². The van der Waals surface area contributed by atoms with Gasteiger partial charge in [-0.15, -0.1) is 0 Å². The second-order valence-corrected chi connectivity index (χ2v) is 5.60. The number of carbonyl (C=O) groups excluding carboxylic acids is 1. The van der Waals surface area contributed by atoms with E-state index in [0.717, 1.165) is 17.7 Å². The maximum atomic E-state index is 12.6. The van der Waals surface area contributed by atoms with Gasteiger partial charge in [-0.05, 0) is 30.5 Å². The molecule has 0 aliphatic carbocycles. The van der Waals surface area contributed by atoms with Crippen molar-refractivity contribution in [3.05, 3.63) is 63.5 Å². The number of hydrogen-bond donors (Lipinski definition) is 2. The fourth-order valence-electron chi connectivity index (χ4n) is 2.91. The average molecular weight is 337 g/mol. The summed E-state index contributed by atoms with van der Waals surface area (Å²) in [6.07, 6.45) is 6.24. The van der Waals surface area contributed by atoms with Gasteiger partial charge in [0.1, 0.15) is 0 Å². The van der Waals surface area contributed by atoms with Gasteiger partial charge in [-0.3, -0.25) is 19.6 Å². The minimum absolute atomic E-state index is 0.150. The molecule has 7 nitrogen and oxygen atoms in total. The number of aromatic amines is 1. The van der Waals surface area contributed by atoms with E-state index in [-0.39, 0.29) is 18.0 Å². The van der Waals surface area contributed by atoms with Gasteiger partial charge < -0.3 is 5.32 Å². The Kier molecular flexibility index (Phi) is 4.83. The molecule has 0 atom stereocenters. The van der Waals surface area contributed by atoms with E-state index in [4.69, 9.17) is 0 Å². The predicted molar refractivity (Wildman–Crippen MR) is 94.3 cm³/mol. The molecule has 0 aromatic carbocycles. The van der Waals surface area contributed by atoms with Crippen molar-refractivity contribution in [2.75, 3.05) is 0 Å². The fourth-order valence-corrected chi connectivity index (χ4v) is 2.91. The summed E-state index contributed by atoms with van der Waals surface area (Å²) in [5.74, 6) is -0.267. The van der Waals surface area contributed by atoms with E-state index in [1.807, 2.05) is 13.8 Å². The number of H-pyrrole nitrogens is 1. The van der Waals surface area contributed by atoms with Gasteiger partial charge in [-0.25, -0.2) is 5.10 Å². The SMILES string of the molecule is CCc1n[nH]c(=O)c(CNC(=O)c2ccnc3ccncc23)c1CC. The molecule has 0 fully saturated rings. The number of nitrogens with one attached hydrogen (secondary N) is 2. The molecule has 3 aromatic rings. The highest BCUT2D eigenvalue weighted by molar-refractivity contribution is 6.05. The second-order valence-electron chi connectivity index (χ2n) is 5.60. The zero-order valence-corrected chi connectivity index (χ0v) is 14.2. The third-order valence-corrected chi connectivity index (χ3v) is 4.18. The maximum absolute atomic E-state index is 12.6. The molecule has 2 N–H and O–H groups in total. The van der Waals surface area contributed by atoms with E-state index in [9.17, 15) is 9.59 Å². The van der Waals surface area contributed by atoms with Crippen molar-refractivity contribution >= 4 is 16.8 Å². The molecule has 7 heteroatoms. The lowest BCUT2D eigenvalue weighted by atomic mass is 10.0. The molecule has 0 spiro atoms. The van der Waals surface area contributed by atoms with Crippen LogP contribution in [-0.2, 0) is 19.4 Å². The van der Waals surface area contributed by atoms with Crippen LogP contribution >= 0.6 is 0 Å². The van der Waals surface area contributed by atoms with Crippen LogP contribution in [0.2, 0.25) is 0 Å². The second kappa shape index (κ2) is 7.21. The highest BCUT2D eigenvalue weighted by Crippen LogP contribution is 2.15. The van der Waals surface area contributed by atoms with Gasteiger partial charge in [0, 0.05) is 36.1 Å². The first-order chi connectivity index (χ1) is 12.2. The zero-order chi connectivity index (χ0) is 17.8. The van der Waals surface area contributed by atoms with E-state index in [2.05, 4.69) is 25.5 Å². The van der Waals surface area contributed by atoms with Crippen molar-refractivity contribution in [1.82, 2.24) is 25.5 Å². The molecular weight excluding hydrogens is 318 g/mol. The number of aromatic nitrogens is 4.